The number of rotatable bonds is 1. The van der Waals surface area contributed by atoms with Crippen molar-refractivity contribution in [2.45, 2.75) is 52.4 Å². The highest BCUT2D eigenvalue weighted by molar-refractivity contribution is 5.88. The monoisotopic (exact) mass is 272 g/mol. The number of hydrogen-bond donors (Lipinski definition) is 0. The molecule has 1 aromatic heterocycles. The minimum atomic E-state index is -0.0930. The van der Waals surface area contributed by atoms with Crippen molar-refractivity contribution in [1.82, 2.24) is 10.2 Å². The Labute approximate surface area is 121 Å². The molecule has 0 aliphatic carbocycles. The summed E-state index contributed by atoms with van der Waals surface area (Å²) >= 11 is 0. The Morgan fingerprint density at radius 1 is 0.900 bits per heavy atom. The zero-order valence-corrected chi connectivity index (χ0v) is 13.5. The Kier molecular flexibility index (Phi) is 3.49. The smallest absolute Gasteiger partial charge is 0.152 e. The molecule has 0 bridgehead atoms. The van der Waals surface area contributed by atoms with Crippen molar-refractivity contribution >= 4 is 10.9 Å². The van der Waals surface area contributed by atoms with Crippen LogP contribution in [0.3, 0.4) is 0 Å². The molecule has 0 unspecified atom stereocenters. The predicted molar refractivity (Wildman–Crippen MR) is 83.5 cm³/mol. The van der Waals surface area contributed by atoms with Crippen LogP contribution in [0, 0.1) is 0 Å². The quantitative estimate of drug-likeness (QED) is 0.779. The first-order valence-electron chi connectivity index (χ1n) is 7.00. The molecule has 0 N–H and O–H groups in total. The Bertz CT molecular complexity index is 634. The normalized spacial score (nSPS) is 12.8. The lowest BCUT2D eigenvalue weighted by molar-refractivity contribution is 0.395. The van der Waals surface area contributed by atoms with Gasteiger partial charge in [0, 0.05) is 10.8 Å². The van der Waals surface area contributed by atoms with Gasteiger partial charge in [0.25, 0.3) is 0 Å². The van der Waals surface area contributed by atoms with Crippen LogP contribution in [0.25, 0.3) is 10.9 Å². The van der Waals surface area contributed by atoms with Crippen LogP contribution in [0.5, 0.6) is 5.75 Å². The van der Waals surface area contributed by atoms with Crippen LogP contribution >= 0.6 is 0 Å². The van der Waals surface area contributed by atoms with E-state index in [2.05, 4.69) is 69.9 Å². The van der Waals surface area contributed by atoms with Crippen LogP contribution in [-0.2, 0) is 10.8 Å². The van der Waals surface area contributed by atoms with E-state index in [-0.39, 0.29) is 10.8 Å². The third-order valence-electron chi connectivity index (χ3n) is 3.47. The average molecular weight is 272 g/mol. The largest absolute Gasteiger partial charge is 0.494 e. The van der Waals surface area contributed by atoms with Crippen molar-refractivity contribution < 1.29 is 4.74 Å². The van der Waals surface area contributed by atoms with Crippen molar-refractivity contribution in [1.29, 1.82) is 0 Å². The molecule has 0 saturated heterocycles. The topological polar surface area (TPSA) is 35.0 Å². The zero-order chi connectivity index (χ0) is 15.1. The molecule has 0 atom stereocenters. The summed E-state index contributed by atoms with van der Waals surface area (Å²) in [5, 5.41) is 9.98. The van der Waals surface area contributed by atoms with Gasteiger partial charge in [-0.3, -0.25) is 0 Å². The van der Waals surface area contributed by atoms with E-state index in [1.54, 1.807) is 7.11 Å². The van der Waals surface area contributed by atoms with Gasteiger partial charge in [-0.05, 0) is 17.0 Å². The number of aromatic nitrogens is 2. The van der Waals surface area contributed by atoms with E-state index < -0.39 is 0 Å². The minimum absolute atomic E-state index is 0.0302. The fraction of sp³-hybridized carbons (Fsp3) is 0.529. The summed E-state index contributed by atoms with van der Waals surface area (Å²) in [4.78, 5) is 0. The summed E-state index contributed by atoms with van der Waals surface area (Å²) in [5.41, 5.74) is 2.97. The number of hydrogen-bond acceptors (Lipinski definition) is 3. The molecule has 2 aromatic rings. The van der Waals surface area contributed by atoms with Crippen LogP contribution in [0.15, 0.2) is 18.2 Å². The molecule has 2 rings (SSSR count). The van der Waals surface area contributed by atoms with Crippen LogP contribution < -0.4 is 4.74 Å². The van der Waals surface area contributed by atoms with Gasteiger partial charge in [-0.2, -0.15) is 5.10 Å². The third-order valence-corrected chi connectivity index (χ3v) is 3.47. The molecule has 0 radical (unpaired) electrons. The Balaban J connectivity index is 2.84. The van der Waals surface area contributed by atoms with Gasteiger partial charge in [0.1, 0.15) is 11.2 Å². The van der Waals surface area contributed by atoms with Gasteiger partial charge >= 0.3 is 0 Å². The highest BCUT2D eigenvalue weighted by Gasteiger charge is 2.26. The number of ether oxygens (including phenoxy) is 1. The summed E-state index contributed by atoms with van der Waals surface area (Å²) in [5.74, 6) is 0.841. The molecule has 0 aliphatic rings. The molecule has 0 amide bonds. The molecule has 0 aliphatic heterocycles. The summed E-state index contributed by atoms with van der Waals surface area (Å²) in [6, 6.07) is 6.25. The number of fused-ring (bicyclic) bond motifs is 1. The lowest BCUT2D eigenvalue weighted by Crippen LogP contribution is -2.18. The molecule has 1 aromatic carbocycles. The Morgan fingerprint density at radius 3 is 2.05 bits per heavy atom. The maximum atomic E-state index is 5.65. The first-order chi connectivity index (χ1) is 9.16. The van der Waals surface area contributed by atoms with Gasteiger partial charge < -0.3 is 4.74 Å². The number of nitrogens with zero attached hydrogens (tertiary/aromatic N) is 2. The van der Waals surface area contributed by atoms with Crippen LogP contribution in [0.2, 0.25) is 0 Å². The summed E-state index contributed by atoms with van der Waals surface area (Å²) in [6.45, 7) is 12.9. The first kappa shape index (κ1) is 14.8. The van der Waals surface area contributed by atoms with E-state index in [4.69, 9.17) is 4.74 Å². The van der Waals surface area contributed by atoms with E-state index in [1.807, 2.05) is 0 Å². The lowest BCUT2D eigenvalue weighted by Gasteiger charge is -2.24. The van der Waals surface area contributed by atoms with Crippen LogP contribution in [0.1, 0.15) is 52.8 Å². The predicted octanol–water partition coefficient (Wildman–Crippen LogP) is 4.23. The molecule has 1 heterocycles. The molecular weight excluding hydrogens is 248 g/mol. The van der Waals surface area contributed by atoms with Gasteiger partial charge in [-0.25, -0.2) is 0 Å². The molecular formula is C17H24N2O. The third kappa shape index (κ3) is 2.49. The maximum Gasteiger partial charge on any atom is 0.152 e. The molecule has 0 saturated carbocycles. The van der Waals surface area contributed by atoms with Gasteiger partial charge in [-0.15, -0.1) is 5.10 Å². The molecule has 108 valence electrons. The van der Waals surface area contributed by atoms with Gasteiger partial charge in [0.15, 0.2) is 5.75 Å². The van der Waals surface area contributed by atoms with Crippen molar-refractivity contribution in [2.24, 2.45) is 0 Å². The first-order valence-corrected chi connectivity index (χ1v) is 7.00. The van der Waals surface area contributed by atoms with Crippen LogP contribution in [-0.4, -0.2) is 17.3 Å². The number of methoxy groups -OCH3 is 1. The van der Waals surface area contributed by atoms with E-state index in [1.165, 1.54) is 5.56 Å². The lowest BCUT2D eigenvalue weighted by atomic mass is 9.84. The second kappa shape index (κ2) is 4.72. The van der Waals surface area contributed by atoms with E-state index >= 15 is 0 Å². The van der Waals surface area contributed by atoms with Crippen molar-refractivity contribution in [3.05, 3.63) is 29.5 Å². The molecule has 3 heteroatoms. The fourth-order valence-electron chi connectivity index (χ4n) is 2.41. The van der Waals surface area contributed by atoms with E-state index in [0.29, 0.717) is 0 Å². The zero-order valence-electron chi connectivity index (χ0n) is 13.5. The number of benzene rings is 1. The highest BCUT2D eigenvalue weighted by atomic mass is 16.5. The van der Waals surface area contributed by atoms with Crippen molar-refractivity contribution in [3.8, 4) is 5.75 Å². The van der Waals surface area contributed by atoms with Crippen molar-refractivity contribution in [2.75, 3.05) is 7.11 Å². The van der Waals surface area contributed by atoms with Gasteiger partial charge in [0.05, 0.1) is 7.11 Å². The second-order valence-electron chi connectivity index (χ2n) is 7.28. The standard InChI is InChI=1S/C17H24N2O/c1-16(2,3)12-10-8-9-11-13(12)18-19-15(14(11)20-7)17(4,5)6/h8-10H,1-7H3. The average Bonchev–Trinajstić information content (AvgIpc) is 2.34. The summed E-state index contributed by atoms with van der Waals surface area (Å²) in [6.07, 6.45) is 0. The molecule has 0 spiro atoms. The minimum Gasteiger partial charge on any atom is -0.494 e. The summed E-state index contributed by atoms with van der Waals surface area (Å²) in [7, 11) is 1.70. The Morgan fingerprint density at radius 2 is 1.55 bits per heavy atom. The molecule has 0 fully saturated rings. The molecule has 20 heavy (non-hydrogen) atoms. The molecule has 3 nitrogen and oxygen atoms in total. The summed E-state index contributed by atoms with van der Waals surface area (Å²) < 4.78 is 5.65. The van der Waals surface area contributed by atoms with E-state index in [9.17, 15) is 0 Å². The fourth-order valence-corrected chi connectivity index (χ4v) is 2.41. The van der Waals surface area contributed by atoms with Crippen molar-refractivity contribution in [3.63, 3.8) is 0 Å². The van der Waals surface area contributed by atoms with E-state index in [0.717, 1.165) is 22.3 Å². The maximum absolute atomic E-state index is 5.65. The van der Waals surface area contributed by atoms with Gasteiger partial charge in [0.2, 0.25) is 0 Å². The van der Waals surface area contributed by atoms with Gasteiger partial charge in [-0.1, -0.05) is 53.7 Å². The van der Waals surface area contributed by atoms with Crippen LogP contribution in [0.4, 0.5) is 0 Å². The second-order valence-corrected chi connectivity index (χ2v) is 7.28. The highest BCUT2D eigenvalue weighted by Crippen LogP contribution is 2.37. The SMILES string of the molecule is COc1c(C(C)(C)C)nnc2c(C(C)(C)C)cccc12. The Hall–Kier alpha value is -1.64.